The van der Waals surface area contributed by atoms with Crippen molar-refractivity contribution in [2.45, 2.75) is 32.8 Å². The minimum absolute atomic E-state index is 0.235. The molecule has 118 valence electrons. The van der Waals surface area contributed by atoms with Gasteiger partial charge in [-0.3, -0.25) is 4.98 Å². The van der Waals surface area contributed by atoms with Gasteiger partial charge in [0, 0.05) is 25.2 Å². The van der Waals surface area contributed by atoms with Gasteiger partial charge in [0.05, 0.1) is 18.4 Å². The summed E-state index contributed by atoms with van der Waals surface area (Å²) in [7, 11) is 0. The van der Waals surface area contributed by atoms with Crippen LogP contribution in [0.25, 0.3) is 0 Å². The fraction of sp³-hybridized carbons (Fsp3) is 0.562. The lowest BCUT2D eigenvalue weighted by Crippen LogP contribution is -2.35. The number of carbonyl (C=O) groups is 1. The molecule has 1 amide bonds. The largest absolute Gasteiger partial charge is 0.490 e. The van der Waals surface area contributed by atoms with Crippen LogP contribution in [0.5, 0.6) is 5.75 Å². The lowest BCUT2D eigenvalue weighted by molar-refractivity contribution is 0.0285. The average Bonchev–Trinajstić information content (AvgIpc) is 2.92. The van der Waals surface area contributed by atoms with E-state index in [1.807, 2.05) is 20.8 Å². The Kier molecular flexibility index (Phi) is 4.86. The molecule has 1 aromatic rings. The highest BCUT2D eigenvalue weighted by molar-refractivity contribution is 5.68. The zero-order chi connectivity index (χ0) is 16.2. The van der Waals surface area contributed by atoms with Crippen molar-refractivity contribution in [3.63, 3.8) is 0 Å². The lowest BCUT2D eigenvalue weighted by Gasteiger charge is -2.24. The van der Waals surface area contributed by atoms with Crippen molar-refractivity contribution < 1.29 is 14.3 Å². The molecule has 0 aromatic carbocycles. The predicted molar refractivity (Wildman–Crippen MR) is 80.4 cm³/mol. The van der Waals surface area contributed by atoms with E-state index in [0.717, 1.165) is 6.42 Å². The van der Waals surface area contributed by atoms with Crippen molar-refractivity contribution in [2.24, 2.45) is 5.92 Å². The molecule has 0 radical (unpaired) electrons. The topological polar surface area (TPSA) is 75.4 Å². The number of nitriles is 1. The quantitative estimate of drug-likeness (QED) is 0.858. The molecule has 1 aliphatic rings. The van der Waals surface area contributed by atoms with Crippen LogP contribution >= 0.6 is 0 Å². The van der Waals surface area contributed by atoms with Crippen molar-refractivity contribution in [3.05, 3.63) is 24.0 Å². The standard InChI is InChI=1S/C16H21N3O3/c1-16(2,3)22-15(20)19-7-5-12(10-19)11-21-14-9-18-6-4-13(14)8-17/h4,6,9,12H,5,7,10-11H2,1-3H3. The molecular formula is C16H21N3O3. The Labute approximate surface area is 130 Å². The molecule has 1 unspecified atom stereocenters. The Bertz CT molecular complexity index is 575. The van der Waals surface area contributed by atoms with E-state index in [1.54, 1.807) is 23.4 Å². The third-order valence-electron chi connectivity index (χ3n) is 3.32. The van der Waals surface area contributed by atoms with Gasteiger partial charge in [-0.15, -0.1) is 0 Å². The van der Waals surface area contributed by atoms with Crippen LogP contribution in [-0.4, -0.2) is 41.3 Å². The van der Waals surface area contributed by atoms with Gasteiger partial charge in [0.1, 0.15) is 11.7 Å². The summed E-state index contributed by atoms with van der Waals surface area (Å²) in [6.07, 6.45) is 3.68. The van der Waals surface area contributed by atoms with E-state index in [9.17, 15) is 4.79 Å². The van der Waals surface area contributed by atoms with Crippen molar-refractivity contribution in [2.75, 3.05) is 19.7 Å². The first-order chi connectivity index (χ1) is 10.4. The second-order valence-electron chi connectivity index (χ2n) is 6.38. The SMILES string of the molecule is CC(C)(C)OC(=O)N1CCC(COc2cnccc2C#N)C1. The number of aromatic nitrogens is 1. The summed E-state index contributed by atoms with van der Waals surface area (Å²) in [5.41, 5.74) is -0.0136. The highest BCUT2D eigenvalue weighted by atomic mass is 16.6. The Morgan fingerprint density at radius 3 is 3.00 bits per heavy atom. The first kappa shape index (κ1) is 16.1. The summed E-state index contributed by atoms with van der Waals surface area (Å²) >= 11 is 0. The third-order valence-corrected chi connectivity index (χ3v) is 3.32. The summed E-state index contributed by atoms with van der Waals surface area (Å²) in [4.78, 5) is 17.7. The van der Waals surface area contributed by atoms with Crippen LogP contribution in [0.4, 0.5) is 4.79 Å². The van der Waals surface area contributed by atoms with Crippen molar-refractivity contribution >= 4 is 6.09 Å². The maximum Gasteiger partial charge on any atom is 0.410 e. The monoisotopic (exact) mass is 303 g/mol. The molecule has 1 atom stereocenters. The first-order valence-electron chi connectivity index (χ1n) is 7.34. The maximum atomic E-state index is 12.0. The Balaban J connectivity index is 1.84. The fourth-order valence-corrected chi connectivity index (χ4v) is 2.26. The molecule has 0 aliphatic carbocycles. The molecule has 6 nitrogen and oxygen atoms in total. The lowest BCUT2D eigenvalue weighted by atomic mass is 10.1. The molecule has 1 saturated heterocycles. The van der Waals surface area contributed by atoms with E-state index in [4.69, 9.17) is 14.7 Å². The van der Waals surface area contributed by atoms with E-state index >= 15 is 0 Å². The molecule has 2 heterocycles. The molecule has 1 fully saturated rings. The zero-order valence-corrected chi connectivity index (χ0v) is 13.2. The molecule has 0 bridgehead atoms. The fourth-order valence-electron chi connectivity index (χ4n) is 2.26. The van der Waals surface area contributed by atoms with E-state index in [1.165, 1.54) is 0 Å². The number of rotatable bonds is 3. The van der Waals surface area contributed by atoms with Gasteiger partial charge in [-0.1, -0.05) is 0 Å². The van der Waals surface area contributed by atoms with Gasteiger partial charge in [0.15, 0.2) is 5.75 Å². The van der Waals surface area contributed by atoms with Crippen LogP contribution in [0, 0.1) is 17.2 Å². The summed E-state index contributed by atoms with van der Waals surface area (Å²) in [5.74, 6) is 0.722. The molecule has 1 aromatic heterocycles. The second kappa shape index (κ2) is 6.65. The summed E-state index contributed by atoms with van der Waals surface area (Å²) < 4.78 is 11.0. The number of carbonyl (C=O) groups excluding carboxylic acids is 1. The van der Waals surface area contributed by atoms with Crippen LogP contribution in [0.2, 0.25) is 0 Å². The van der Waals surface area contributed by atoms with Gasteiger partial charge in [0.25, 0.3) is 0 Å². The predicted octanol–water partition coefficient (Wildman–Crippen LogP) is 2.59. The molecule has 6 heteroatoms. The summed E-state index contributed by atoms with van der Waals surface area (Å²) in [5, 5.41) is 9.01. The number of hydrogen-bond acceptors (Lipinski definition) is 5. The van der Waals surface area contributed by atoms with Gasteiger partial charge in [-0.2, -0.15) is 5.26 Å². The minimum atomic E-state index is -0.483. The minimum Gasteiger partial charge on any atom is -0.490 e. The number of ether oxygens (including phenoxy) is 2. The van der Waals surface area contributed by atoms with Crippen LogP contribution < -0.4 is 4.74 Å². The number of amides is 1. The molecule has 0 spiro atoms. The number of likely N-dealkylation sites (tertiary alicyclic amines) is 1. The summed E-state index contributed by atoms with van der Waals surface area (Å²) in [6.45, 7) is 7.30. The molecule has 0 N–H and O–H groups in total. The molecule has 2 rings (SSSR count). The maximum absolute atomic E-state index is 12.0. The van der Waals surface area contributed by atoms with Crippen LogP contribution in [0.3, 0.4) is 0 Å². The number of hydrogen-bond donors (Lipinski definition) is 0. The molecule has 1 aliphatic heterocycles. The zero-order valence-electron chi connectivity index (χ0n) is 13.2. The van der Waals surface area contributed by atoms with Crippen LogP contribution in [0.1, 0.15) is 32.8 Å². The second-order valence-corrected chi connectivity index (χ2v) is 6.38. The van der Waals surface area contributed by atoms with Gasteiger partial charge < -0.3 is 14.4 Å². The molecule has 22 heavy (non-hydrogen) atoms. The van der Waals surface area contributed by atoms with E-state index in [0.29, 0.717) is 31.0 Å². The third kappa shape index (κ3) is 4.35. The van der Waals surface area contributed by atoms with E-state index < -0.39 is 5.60 Å². The van der Waals surface area contributed by atoms with Crippen LogP contribution in [-0.2, 0) is 4.74 Å². The normalized spacial score (nSPS) is 17.9. The highest BCUT2D eigenvalue weighted by Gasteiger charge is 2.30. The van der Waals surface area contributed by atoms with Crippen molar-refractivity contribution in [3.8, 4) is 11.8 Å². The van der Waals surface area contributed by atoms with E-state index in [2.05, 4.69) is 11.1 Å². The summed E-state index contributed by atoms with van der Waals surface area (Å²) in [6, 6.07) is 3.70. The van der Waals surface area contributed by atoms with Crippen LogP contribution in [0.15, 0.2) is 18.5 Å². The molecule has 0 saturated carbocycles. The van der Waals surface area contributed by atoms with Gasteiger partial charge in [-0.25, -0.2) is 4.79 Å². The Morgan fingerprint density at radius 2 is 2.32 bits per heavy atom. The Hall–Kier alpha value is -2.29. The van der Waals surface area contributed by atoms with Crippen molar-refractivity contribution in [1.82, 2.24) is 9.88 Å². The first-order valence-corrected chi connectivity index (χ1v) is 7.34. The van der Waals surface area contributed by atoms with Crippen molar-refractivity contribution in [1.29, 1.82) is 5.26 Å². The number of nitrogens with zero attached hydrogens (tertiary/aromatic N) is 3. The van der Waals surface area contributed by atoms with Gasteiger partial charge in [0.2, 0.25) is 0 Å². The average molecular weight is 303 g/mol. The highest BCUT2D eigenvalue weighted by Crippen LogP contribution is 2.22. The van der Waals surface area contributed by atoms with Gasteiger partial charge >= 0.3 is 6.09 Å². The van der Waals surface area contributed by atoms with Gasteiger partial charge in [-0.05, 0) is 33.3 Å². The number of pyridine rings is 1. The van der Waals surface area contributed by atoms with E-state index in [-0.39, 0.29) is 12.0 Å². The Morgan fingerprint density at radius 1 is 1.55 bits per heavy atom. The molecular weight excluding hydrogens is 282 g/mol. The smallest absolute Gasteiger partial charge is 0.410 e.